The Morgan fingerprint density at radius 1 is 1.17 bits per heavy atom. The second-order valence-corrected chi connectivity index (χ2v) is 5.35. The van der Waals surface area contributed by atoms with Gasteiger partial charge >= 0.3 is 0 Å². The van der Waals surface area contributed by atoms with Crippen LogP contribution in [0.15, 0.2) is 42.5 Å². The molecule has 3 nitrogen and oxygen atoms in total. The molecule has 1 amide bonds. The molecule has 2 rings (SSSR count). The van der Waals surface area contributed by atoms with Crippen molar-refractivity contribution >= 4 is 51.5 Å². The van der Waals surface area contributed by atoms with Gasteiger partial charge in [0.1, 0.15) is 0 Å². The molecule has 5 heteroatoms. The van der Waals surface area contributed by atoms with Crippen LogP contribution in [0.4, 0.5) is 11.4 Å². The van der Waals surface area contributed by atoms with E-state index in [1.165, 1.54) is 0 Å². The zero-order valence-corrected chi connectivity index (χ0v) is 12.2. The number of nitrogens with two attached hydrogens (primary N) is 1. The minimum absolute atomic E-state index is 0.210. The lowest BCUT2D eigenvalue weighted by Crippen LogP contribution is -2.12. The van der Waals surface area contributed by atoms with Gasteiger partial charge in [0.2, 0.25) is 0 Å². The lowest BCUT2D eigenvalue weighted by molar-refractivity contribution is 0.102. The molecule has 0 unspecified atom stereocenters. The van der Waals surface area contributed by atoms with Gasteiger partial charge in [0.25, 0.3) is 5.91 Å². The Morgan fingerprint density at radius 2 is 1.83 bits per heavy atom. The molecule has 0 aromatic heterocycles. The quantitative estimate of drug-likeness (QED) is 0.623. The van der Waals surface area contributed by atoms with Gasteiger partial charge < -0.3 is 11.1 Å². The summed E-state index contributed by atoms with van der Waals surface area (Å²) in [7, 11) is 0. The number of amides is 1. The van der Waals surface area contributed by atoms with Gasteiger partial charge in [-0.05, 0) is 65.1 Å². The molecule has 92 valence electrons. The third-order valence-corrected chi connectivity index (χ3v) is 3.34. The van der Waals surface area contributed by atoms with E-state index in [1.807, 2.05) is 6.07 Å². The van der Waals surface area contributed by atoms with E-state index >= 15 is 0 Å². The lowest BCUT2D eigenvalue weighted by atomic mass is 10.2. The normalized spacial score (nSPS) is 10.1. The monoisotopic (exact) mass is 372 g/mol. The predicted octanol–water partition coefficient (Wildman–Crippen LogP) is 3.78. The molecule has 0 radical (unpaired) electrons. The first-order chi connectivity index (χ1) is 8.56. The van der Waals surface area contributed by atoms with E-state index in [0.717, 1.165) is 3.57 Å². The number of hydrogen-bond acceptors (Lipinski definition) is 2. The summed E-state index contributed by atoms with van der Waals surface area (Å²) in [4.78, 5) is 12.0. The van der Waals surface area contributed by atoms with Crippen molar-refractivity contribution in [3.8, 4) is 0 Å². The van der Waals surface area contributed by atoms with Crippen molar-refractivity contribution in [2.45, 2.75) is 0 Å². The molecular formula is C13H10ClIN2O. The number of carbonyl (C=O) groups is 1. The van der Waals surface area contributed by atoms with Crippen molar-refractivity contribution in [2.75, 3.05) is 11.1 Å². The highest BCUT2D eigenvalue weighted by Gasteiger charge is 2.08. The third-order valence-electron chi connectivity index (χ3n) is 2.35. The van der Waals surface area contributed by atoms with E-state index in [0.29, 0.717) is 22.0 Å². The molecule has 0 aliphatic rings. The highest BCUT2D eigenvalue weighted by molar-refractivity contribution is 14.1. The van der Waals surface area contributed by atoms with Crippen LogP contribution in [0.3, 0.4) is 0 Å². The minimum atomic E-state index is -0.210. The molecule has 0 aliphatic heterocycles. The Balaban J connectivity index is 2.18. The molecule has 0 heterocycles. The molecule has 0 bridgehead atoms. The topological polar surface area (TPSA) is 55.1 Å². The van der Waals surface area contributed by atoms with Crippen LogP contribution in [-0.2, 0) is 0 Å². The maximum absolute atomic E-state index is 12.0. The van der Waals surface area contributed by atoms with Crippen molar-refractivity contribution in [3.63, 3.8) is 0 Å². The van der Waals surface area contributed by atoms with Gasteiger partial charge in [-0.2, -0.15) is 0 Å². The molecule has 0 atom stereocenters. The first kappa shape index (κ1) is 13.2. The molecule has 2 aromatic rings. The molecule has 0 aliphatic carbocycles. The van der Waals surface area contributed by atoms with Crippen LogP contribution in [0.2, 0.25) is 5.02 Å². The van der Waals surface area contributed by atoms with Crippen molar-refractivity contribution in [3.05, 3.63) is 56.6 Å². The summed E-state index contributed by atoms with van der Waals surface area (Å²) >= 11 is 8.21. The summed E-state index contributed by atoms with van der Waals surface area (Å²) < 4.78 is 1.02. The first-order valence-corrected chi connectivity index (χ1v) is 6.64. The summed E-state index contributed by atoms with van der Waals surface area (Å²) in [5.41, 5.74) is 7.33. The Bertz CT molecular complexity index is 584. The molecule has 0 spiro atoms. The number of nitrogens with one attached hydrogen (secondary N) is 1. The van der Waals surface area contributed by atoms with Crippen molar-refractivity contribution in [2.24, 2.45) is 0 Å². The van der Waals surface area contributed by atoms with Gasteiger partial charge in [-0.15, -0.1) is 0 Å². The fraction of sp³-hybridized carbons (Fsp3) is 0. The van der Waals surface area contributed by atoms with Gasteiger partial charge in [-0.1, -0.05) is 11.6 Å². The van der Waals surface area contributed by atoms with E-state index in [4.69, 9.17) is 17.3 Å². The van der Waals surface area contributed by atoms with E-state index in [9.17, 15) is 4.79 Å². The lowest BCUT2D eigenvalue weighted by Gasteiger charge is -2.07. The molecule has 18 heavy (non-hydrogen) atoms. The SMILES string of the molecule is Nc1ccc(C(=O)Nc2ccc(I)cc2Cl)cc1. The number of nitrogen functional groups attached to an aromatic ring is 1. The predicted molar refractivity (Wildman–Crippen MR) is 83.0 cm³/mol. The van der Waals surface area contributed by atoms with Gasteiger partial charge in [-0.25, -0.2) is 0 Å². The second-order valence-electron chi connectivity index (χ2n) is 3.70. The van der Waals surface area contributed by atoms with Crippen molar-refractivity contribution in [1.29, 1.82) is 0 Å². The molecule has 2 aromatic carbocycles. The standard InChI is InChI=1S/C13H10ClIN2O/c14-11-7-9(15)3-6-12(11)17-13(18)8-1-4-10(16)5-2-8/h1-7H,16H2,(H,17,18). The summed E-state index contributed by atoms with van der Waals surface area (Å²) in [6.45, 7) is 0. The Hall–Kier alpha value is -1.27. The van der Waals surface area contributed by atoms with E-state index in [-0.39, 0.29) is 5.91 Å². The number of halogens is 2. The number of carbonyl (C=O) groups excluding carboxylic acids is 1. The number of hydrogen-bond donors (Lipinski definition) is 2. The fourth-order valence-electron chi connectivity index (χ4n) is 1.42. The van der Waals surface area contributed by atoms with Crippen LogP contribution < -0.4 is 11.1 Å². The minimum Gasteiger partial charge on any atom is -0.399 e. The van der Waals surface area contributed by atoms with Gasteiger partial charge in [0.05, 0.1) is 10.7 Å². The summed E-state index contributed by atoms with van der Waals surface area (Å²) in [5.74, 6) is -0.210. The number of rotatable bonds is 2. The smallest absolute Gasteiger partial charge is 0.255 e. The highest BCUT2D eigenvalue weighted by atomic mass is 127. The zero-order valence-electron chi connectivity index (χ0n) is 9.28. The average Bonchev–Trinajstić information content (AvgIpc) is 2.33. The van der Waals surface area contributed by atoms with Gasteiger partial charge in [0, 0.05) is 14.8 Å². The van der Waals surface area contributed by atoms with Crippen molar-refractivity contribution in [1.82, 2.24) is 0 Å². The number of benzene rings is 2. The first-order valence-electron chi connectivity index (χ1n) is 5.18. The van der Waals surface area contributed by atoms with Gasteiger partial charge in [-0.3, -0.25) is 4.79 Å². The fourth-order valence-corrected chi connectivity index (χ4v) is 2.32. The molecule has 0 saturated carbocycles. The molecule has 0 saturated heterocycles. The highest BCUT2D eigenvalue weighted by Crippen LogP contribution is 2.24. The third kappa shape index (κ3) is 3.14. The Labute approximate surface area is 123 Å². The van der Waals surface area contributed by atoms with Crippen LogP contribution in [0.5, 0.6) is 0 Å². The van der Waals surface area contributed by atoms with Crippen LogP contribution in [0, 0.1) is 3.57 Å². The van der Waals surface area contributed by atoms with E-state index < -0.39 is 0 Å². The van der Waals surface area contributed by atoms with Crippen LogP contribution in [0.1, 0.15) is 10.4 Å². The summed E-state index contributed by atoms with van der Waals surface area (Å²) in [5, 5.41) is 3.28. The average molecular weight is 373 g/mol. The van der Waals surface area contributed by atoms with Crippen LogP contribution in [-0.4, -0.2) is 5.91 Å². The van der Waals surface area contributed by atoms with Crippen LogP contribution >= 0.6 is 34.2 Å². The van der Waals surface area contributed by atoms with Gasteiger partial charge in [0.15, 0.2) is 0 Å². The molecule has 3 N–H and O–H groups in total. The number of anilines is 2. The van der Waals surface area contributed by atoms with Crippen molar-refractivity contribution < 1.29 is 4.79 Å². The molecular weight excluding hydrogens is 363 g/mol. The maximum atomic E-state index is 12.0. The Kier molecular flexibility index (Phi) is 4.08. The zero-order chi connectivity index (χ0) is 13.1. The summed E-state index contributed by atoms with van der Waals surface area (Å²) in [6.07, 6.45) is 0. The maximum Gasteiger partial charge on any atom is 0.255 e. The second kappa shape index (κ2) is 5.58. The Morgan fingerprint density at radius 3 is 2.44 bits per heavy atom. The van der Waals surface area contributed by atoms with E-state index in [1.54, 1.807) is 36.4 Å². The van der Waals surface area contributed by atoms with E-state index in [2.05, 4.69) is 27.9 Å². The molecule has 0 fully saturated rings. The largest absolute Gasteiger partial charge is 0.399 e. The van der Waals surface area contributed by atoms with Crippen LogP contribution in [0.25, 0.3) is 0 Å². The summed E-state index contributed by atoms with van der Waals surface area (Å²) in [6, 6.07) is 12.2.